The minimum atomic E-state index is -0.281. The van der Waals surface area contributed by atoms with Gasteiger partial charge in [0.2, 0.25) is 0 Å². The number of carbonyl (C=O) groups is 2. The summed E-state index contributed by atoms with van der Waals surface area (Å²) in [5.74, 6) is -0.0689. The monoisotopic (exact) mass is 369 g/mol. The van der Waals surface area contributed by atoms with Crippen LogP contribution in [0.5, 0.6) is 0 Å². The van der Waals surface area contributed by atoms with Crippen molar-refractivity contribution in [3.63, 3.8) is 0 Å². The van der Waals surface area contributed by atoms with Crippen LogP contribution >= 0.6 is 11.3 Å². The Morgan fingerprint density at radius 2 is 2.04 bits per heavy atom. The van der Waals surface area contributed by atoms with Crippen molar-refractivity contribution in [3.8, 4) is 6.07 Å². The average molecular weight is 369 g/mol. The maximum atomic E-state index is 12.7. The van der Waals surface area contributed by atoms with E-state index in [2.05, 4.69) is 15.6 Å². The van der Waals surface area contributed by atoms with E-state index in [1.54, 1.807) is 29.2 Å². The summed E-state index contributed by atoms with van der Waals surface area (Å²) >= 11 is 1.39. The van der Waals surface area contributed by atoms with Crippen LogP contribution in [-0.4, -0.2) is 34.4 Å². The number of benzene rings is 1. The lowest BCUT2D eigenvalue weighted by atomic mass is 10.1. The molecule has 0 saturated carbocycles. The molecule has 1 aliphatic heterocycles. The average Bonchev–Trinajstić information content (AvgIpc) is 3.01. The largest absolute Gasteiger partial charge is 0.336 e. The molecule has 2 aromatic rings. The minimum absolute atomic E-state index is 0.0464. The molecular weight excluding hydrogens is 350 g/mol. The Morgan fingerprint density at radius 1 is 1.31 bits per heavy atom. The van der Waals surface area contributed by atoms with Gasteiger partial charge in [0.1, 0.15) is 0 Å². The van der Waals surface area contributed by atoms with Crippen LogP contribution in [0.3, 0.4) is 0 Å². The van der Waals surface area contributed by atoms with Crippen LogP contribution in [0.1, 0.15) is 40.3 Å². The second-order valence-electron chi connectivity index (χ2n) is 6.31. The molecule has 0 radical (unpaired) electrons. The van der Waals surface area contributed by atoms with Gasteiger partial charge in [0.25, 0.3) is 5.91 Å². The van der Waals surface area contributed by atoms with Crippen molar-refractivity contribution in [3.05, 3.63) is 46.0 Å². The number of hydrogen-bond donors (Lipinski definition) is 2. The number of nitrogens with one attached hydrogen (secondary N) is 2. The number of anilines is 1. The first-order valence-corrected chi connectivity index (χ1v) is 9.13. The molecule has 0 atom stereocenters. The van der Waals surface area contributed by atoms with Crippen LogP contribution in [0.2, 0.25) is 0 Å². The molecule has 0 unspecified atom stereocenters. The molecule has 7 nitrogen and oxygen atoms in total. The molecule has 0 bridgehead atoms. The summed E-state index contributed by atoms with van der Waals surface area (Å²) in [6.45, 7) is 4.82. The number of urea groups is 1. The third-order valence-electron chi connectivity index (χ3n) is 3.92. The van der Waals surface area contributed by atoms with Crippen molar-refractivity contribution in [2.24, 2.45) is 0 Å². The number of aromatic nitrogens is 1. The quantitative estimate of drug-likeness (QED) is 0.869. The Labute approximate surface area is 155 Å². The predicted octanol–water partition coefficient (Wildman–Crippen LogP) is 2.74. The lowest BCUT2D eigenvalue weighted by molar-refractivity contribution is 0.0736. The molecule has 134 valence electrons. The summed E-state index contributed by atoms with van der Waals surface area (Å²) in [5.41, 5.74) is 2.02. The molecule has 0 aliphatic carbocycles. The van der Waals surface area contributed by atoms with Gasteiger partial charge in [0, 0.05) is 29.4 Å². The van der Waals surface area contributed by atoms with Crippen LogP contribution in [0.25, 0.3) is 0 Å². The molecule has 1 aromatic carbocycles. The maximum absolute atomic E-state index is 12.7. The molecule has 3 amide bonds. The molecule has 2 heterocycles. The molecule has 0 fully saturated rings. The fourth-order valence-corrected chi connectivity index (χ4v) is 3.71. The van der Waals surface area contributed by atoms with Crippen LogP contribution in [-0.2, 0) is 13.0 Å². The number of carbonyl (C=O) groups excluding carboxylic acids is 2. The maximum Gasteiger partial charge on any atom is 0.321 e. The molecule has 26 heavy (non-hydrogen) atoms. The van der Waals surface area contributed by atoms with Gasteiger partial charge in [-0.25, -0.2) is 9.78 Å². The fraction of sp³-hybridized carbons (Fsp3) is 0.333. The number of thiazole rings is 1. The molecule has 8 heteroatoms. The molecule has 3 rings (SSSR count). The zero-order chi connectivity index (χ0) is 18.7. The van der Waals surface area contributed by atoms with E-state index < -0.39 is 0 Å². The number of rotatable bonds is 3. The first-order valence-electron chi connectivity index (χ1n) is 8.32. The molecular formula is C18H19N5O2S. The van der Waals surface area contributed by atoms with Crippen LogP contribution < -0.4 is 10.6 Å². The number of amides is 3. The topological polar surface area (TPSA) is 98.1 Å². The van der Waals surface area contributed by atoms with Crippen LogP contribution in [0.4, 0.5) is 9.93 Å². The third-order valence-corrected chi connectivity index (χ3v) is 4.92. The highest BCUT2D eigenvalue weighted by Gasteiger charge is 2.25. The summed E-state index contributed by atoms with van der Waals surface area (Å²) in [7, 11) is 0. The van der Waals surface area contributed by atoms with Gasteiger partial charge in [-0.15, -0.1) is 0 Å². The van der Waals surface area contributed by atoms with E-state index in [-0.39, 0.29) is 18.0 Å². The molecule has 1 aliphatic rings. The molecule has 0 saturated heterocycles. The van der Waals surface area contributed by atoms with Crippen LogP contribution in [0.15, 0.2) is 24.3 Å². The van der Waals surface area contributed by atoms with Gasteiger partial charge in [0.15, 0.2) is 5.13 Å². The smallest absolute Gasteiger partial charge is 0.321 e. The summed E-state index contributed by atoms with van der Waals surface area (Å²) in [4.78, 5) is 31.7. The SMILES string of the molecule is CC(C)NC(=O)Nc1nc2c(s1)CN(C(=O)c1ccc(C#N)cc1)CC2. The highest BCUT2D eigenvalue weighted by molar-refractivity contribution is 7.15. The van der Waals surface area contributed by atoms with Gasteiger partial charge >= 0.3 is 6.03 Å². The van der Waals surface area contributed by atoms with Crippen molar-refractivity contribution in [1.82, 2.24) is 15.2 Å². The van der Waals surface area contributed by atoms with Gasteiger partial charge in [-0.05, 0) is 38.1 Å². The van der Waals surface area contributed by atoms with Gasteiger partial charge in [0.05, 0.1) is 23.9 Å². The van der Waals surface area contributed by atoms with E-state index in [9.17, 15) is 9.59 Å². The van der Waals surface area contributed by atoms with Crippen molar-refractivity contribution < 1.29 is 9.59 Å². The van der Waals surface area contributed by atoms with E-state index >= 15 is 0 Å². The van der Waals surface area contributed by atoms with Crippen molar-refractivity contribution >= 4 is 28.4 Å². The number of fused-ring (bicyclic) bond motifs is 1. The van der Waals surface area contributed by atoms with Gasteiger partial charge < -0.3 is 10.2 Å². The summed E-state index contributed by atoms with van der Waals surface area (Å²) in [5, 5.41) is 14.9. The Morgan fingerprint density at radius 3 is 2.69 bits per heavy atom. The van der Waals surface area contributed by atoms with E-state index in [0.29, 0.717) is 35.8 Å². The lowest BCUT2D eigenvalue weighted by Crippen LogP contribution is -2.35. The molecule has 0 spiro atoms. The van der Waals surface area contributed by atoms with E-state index in [0.717, 1.165) is 10.6 Å². The second-order valence-corrected chi connectivity index (χ2v) is 7.39. The highest BCUT2D eigenvalue weighted by Crippen LogP contribution is 2.29. The third kappa shape index (κ3) is 4.00. The van der Waals surface area contributed by atoms with Crippen LogP contribution in [0, 0.1) is 11.3 Å². The fourth-order valence-electron chi connectivity index (χ4n) is 2.69. The number of hydrogen-bond acceptors (Lipinski definition) is 5. The van der Waals surface area contributed by atoms with Gasteiger partial charge in [-0.2, -0.15) is 5.26 Å². The highest BCUT2D eigenvalue weighted by atomic mass is 32.1. The summed E-state index contributed by atoms with van der Waals surface area (Å²) in [6, 6.07) is 8.44. The van der Waals surface area contributed by atoms with E-state index in [1.165, 1.54) is 11.3 Å². The first kappa shape index (κ1) is 17.9. The Bertz CT molecular complexity index is 867. The Hall–Kier alpha value is -2.92. The predicted molar refractivity (Wildman–Crippen MR) is 99.0 cm³/mol. The van der Waals surface area contributed by atoms with Gasteiger partial charge in [-0.1, -0.05) is 11.3 Å². The standard InChI is InChI=1S/C18H19N5O2S/c1-11(2)20-17(25)22-18-21-14-7-8-23(10-15(14)26-18)16(24)13-5-3-12(9-19)4-6-13/h3-6,11H,7-8,10H2,1-2H3,(H2,20,21,22,25). The zero-order valence-corrected chi connectivity index (χ0v) is 15.4. The molecule has 1 aromatic heterocycles. The second kappa shape index (κ2) is 7.54. The number of nitrogens with zero attached hydrogens (tertiary/aromatic N) is 3. The van der Waals surface area contributed by atoms with Crippen molar-refractivity contribution in [1.29, 1.82) is 5.26 Å². The lowest BCUT2D eigenvalue weighted by Gasteiger charge is -2.26. The minimum Gasteiger partial charge on any atom is -0.336 e. The Kier molecular flexibility index (Phi) is 5.19. The molecule has 2 N–H and O–H groups in total. The summed E-state index contributed by atoms with van der Waals surface area (Å²) in [6.07, 6.45) is 0.654. The van der Waals surface area contributed by atoms with Gasteiger partial charge in [-0.3, -0.25) is 10.1 Å². The van der Waals surface area contributed by atoms with E-state index in [4.69, 9.17) is 5.26 Å². The summed E-state index contributed by atoms with van der Waals surface area (Å²) < 4.78 is 0. The normalized spacial score (nSPS) is 13.1. The Balaban J connectivity index is 1.68. The first-order chi connectivity index (χ1) is 12.5. The number of nitriles is 1. The zero-order valence-electron chi connectivity index (χ0n) is 14.6. The van der Waals surface area contributed by atoms with Crippen molar-refractivity contribution in [2.45, 2.75) is 32.9 Å². The van der Waals surface area contributed by atoms with E-state index in [1.807, 2.05) is 19.9 Å². The van der Waals surface area contributed by atoms with Crippen molar-refractivity contribution in [2.75, 3.05) is 11.9 Å².